The lowest BCUT2D eigenvalue weighted by molar-refractivity contribution is -0.176. The number of rotatable bonds is 5. The fourth-order valence-electron chi connectivity index (χ4n) is 5.04. The molecule has 2 fully saturated rings. The fraction of sp³-hybridized carbons (Fsp3) is 0.682. The van der Waals surface area contributed by atoms with E-state index < -0.39 is 6.10 Å². The second kappa shape index (κ2) is 7.69. The summed E-state index contributed by atoms with van der Waals surface area (Å²) >= 11 is 0. The molecule has 3 rings (SSSR count). The second-order valence-corrected chi connectivity index (χ2v) is 8.57. The Bertz CT molecular complexity index is 624. The van der Waals surface area contributed by atoms with Crippen molar-refractivity contribution < 1.29 is 19.4 Å². The number of aliphatic hydroxyl groups is 1. The maximum atomic E-state index is 12.7. The Morgan fingerprint density at radius 1 is 1.23 bits per heavy atom. The van der Waals surface area contributed by atoms with E-state index in [1.54, 1.807) is 7.11 Å². The number of hydrogen-bond donors (Lipinski definition) is 1. The van der Waals surface area contributed by atoms with Gasteiger partial charge in [0.05, 0.1) is 31.8 Å². The van der Waals surface area contributed by atoms with Gasteiger partial charge in [-0.25, -0.2) is 0 Å². The number of aliphatic hydroxyl groups excluding tert-OH is 1. The summed E-state index contributed by atoms with van der Waals surface area (Å²) in [4.78, 5) is 12.7. The van der Waals surface area contributed by atoms with Gasteiger partial charge in [-0.3, -0.25) is 4.79 Å². The van der Waals surface area contributed by atoms with Crippen molar-refractivity contribution in [2.75, 3.05) is 7.11 Å². The third-order valence-corrected chi connectivity index (χ3v) is 6.71. The highest BCUT2D eigenvalue weighted by molar-refractivity contribution is 5.83. The minimum atomic E-state index is -0.548. The minimum Gasteiger partial charge on any atom is -0.497 e. The van der Waals surface area contributed by atoms with Crippen LogP contribution in [0.4, 0.5) is 0 Å². The summed E-state index contributed by atoms with van der Waals surface area (Å²) < 4.78 is 11.5. The summed E-state index contributed by atoms with van der Waals surface area (Å²) in [5.41, 5.74) is 0.825. The molecule has 1 aromatic rings. The average molecular weight is 360 g/mol. The van der Waals surface area contributed by atoms with Crippen molar-refractivity contribution in [1.82, 2.24) is 0 Å². The lowest BCUT2D eigenvalue weighted by Gasteiger charge is -2.53. The largest absolute Gasteiger partial charge is 0.497 e. The van der Waals surface area contributed by atoms with Gasteiger partial charge in [0.15, 0.2) is 0 Å². The zero-order valence-corrected chi connectivity index (χ0v) is 16.4. The third-order valence-electron chi connectivity index (χ3n) is 6.71. The van der Waals surface area contributed by atoms with Crippen LogP contribution in [0.1, 0.15) is 52.0 Å². The van der Waals surface area contributed by atoms with Gasteiger partial charge in [0.2, 0.25) is 0 Å². The van der Waals surface area contributed by atoms with Crippen LogP contribution in [0.3, 0.4) is 0 Å². The van der Waals surface area contributed by atoms with Crippen molar-refractivity contribution in [2.24, 2.45) is 23.2 Å². The smallest absolute Gasteiger partial charge is 0.139 e. The number of carbonyl (C=O) groups excluding carboxylic acids is 1. The number of ether oxygens (including phenoxy) is 2. The number of benzene rings is 1. The number of Topliss-reactive ketones (excluding diaryl/α,β-unsaturated/α-hetero) is 1. The molecule has 0 saturated heterocycles. The molecule has 1 aromatic carbocycles. The molecule has 5 atom stereocenters. The van der Waals surface area contributed by atoms with Gasteiger partial charge in [0.25, 0.3) is 0 Å². The van der Waals surface area contributed by atoms with E-state index in [1.807, 2.05) is 24.3 Å². The molecule has 1 N–H and O–H groups in total. The second-order valence-electron chi connectivity index (χ2n) is 8.57. The van der Waals surface area contributed by atoms with Crippen molar-refractivity contribution in [2.45, 2.75) is 65.3 Å². The van der Waals surface area contributed by atoms with Crippen LogP contribution in [0, 0.1) is 23.2 Å². The first-order valence-electron chi connectivity index (χ1n) is 9.82. The zero-order chi connectivity index (χ0) is 18.9. The first kappa shape index (κ1) is 19.4. The molecule has 4 heteroatoms. The highest BCUT2D eigenvalue weighted by atomic mass is 16.5. The average Bonchev–Trinajstić information content (AvgIpc) is 2.61. The molecule has 2 aliphatic rings. The molecule has 4 nitrogen and oxygen atoms in total. The molecule has 0 spiro atoms. The van der Waals surface area contributed by atoms with Crippen LogP contribution in [-0.2, 0) is 16.1 Å². The lowest BCUT2D eigenvalue weighted by atomic mass is 9.54. The minimum absolute atomic E-state index is 0.00932. The molecule has 0 bridgehead atoms. The monoisotopic (exact) mass is 360 g/mol. The quantitative estimate of drug-likeness (QED) is 0.862. The third kappa shape index (κ3) is 3.54. The molecule has 0 aliphatic heterocycles. The van der Waals surface area contributed by atoms with E-state index >= 15 is 0 Å². The molecule has 2 aliphatic carbocycles. The molecule has 0 radical (unpaired) electrons. The number of methoxy groups -OCH3 is 1. The maximum Gasteiger partial charge on any atom is 0.139 e. The topological polar surface area (TPSA) is 55.8 Å². The molecule has 0 aromatic heterocycles. The van der Waals surface area contributed by atoms with E-state index in [4.69, 9.17) is 9.47 Å². The molecular formula is C22H32O4. The van der Waals surface area contributed by atoms with E-state index in [0.29, 0.717) is 18.9 Å². The van der Waals surface area contributed by atoms with Crippen molar-refractivity contribution in [3.63, 3.8) is 0 Å². The fourth-order valence-corrected chi connectivity index (χ4v) is 5.04. The van der Waals surface area contributed by atoms with Crippen LogP contribution in [0.5, 0.6) is 5.75 Å². The molecule has 0 amide bonds. The number of ketones is 1. The van der Waals surface area contributed by atoms with Crippen molar-refractivity contribution >= 4 is 5.78 Å². The Hall–Kier alpha value is -1.39. The van der Waals surface area contributed by atoms with E-state index in [-0.39, 0.29) is 29.1 Å². The number of fused-ring (bicyclic) bond motifs is 1. The van der Waals surface area contributed by atoms with Crippen LogP contribution in [0.15, 0.2) is 24.3 Å². The Morgan fingerprint density at radius 3 is 2.54 bits per heavy atom. The summed E-state index contributed by atoms with van der Waals surface area (Å²) in [5.74, 6) is 1.35. The predicted octanol–water partition coefficient (Wildman–Crippen LogP) is 3.99. The first-order valence-corrected chi connectivity index (χ1v) is 9.82. The Morgan fingerprint density at radius 2 is 1.92 bits per heavy atom. The summed E-state index contributed by atoms with van der Waals surface area (Å²) in [6.07, 6.45) is 2.62. The van der Waals surface area contributed by atoms with Crippen LogP contribution >= 0.6 is 0 Å². The zero-order valence-electron chi connectivity index (χ0n) is 16.4. The van der Waals surface area contributed by atoms with Gasteiger partial charge in [0, 0.05) is 11.8 Å². The van der Waals surface area contributed by atoms with Crippen molar-refractivity contribution in [3.8, 4) is 5.75 Å². The van der Waals surface area contributed by atoms with Crippen LogP contribution in [-0.4, -0.2) is 30.2 Å². The van der Waals surface area contributed by atoms with E-state index in [1.165, 1.54) is 0 Å². The standard InChI is InChI=1S/C22H32O4/c1-14(2)17-11-12-22(3)19(10-9-18(23)20(22)21(17)24)26-13-15-5-7-16(25-4)8-6-15/h5-8,14,17,19-21,24H,9-13H2,1-4H3/t17-,19-,20+,21-,22+/m0/s1. The predicted molar refractivity (Wildman–Crippen MR) is 101 cm³/mol. The number of hydrogen-bond acceptors (Lipinski definition) is 4. The summed E-state index contributed by atoms with van der Waals surface area (Å²) in [5, 5.41) is 10.9. The summed E-state index contributed by atoms with van der Waals surface area (Å²) in [6, 6.07) is 7.89. The van der Waals surface area contributed by atoms with Crippen LogP contribution < -0.4 is 4.74 Å². The summed E-state index contributed by atoms with van der Waals surface area (Å²) in [7, 11) is 1.66. The molecule has 2 saturated carbocycles. The number of carbonyl (C=O) groups is 1. The van der Waals surface area contributed by atoms with Gasteiger partial charge >= 0.3 is 0 Å². The van der Waals surface area contributed by atoms with E-state index in [0.717, 1.165) is 30.6 Å². The highest BCUT2D eigenvalue weighted by Crippen LogP contribution is 2.52. The van der Waals surface area contributed by atoms with Gasteiger partial charge in [-0.15, -0.1) is 0 Å². The molecular weight excluding hydrogens is 328 g/mol. The normalized spacial score (nSPS) is 34.6. The van der Waals surface area contributed by atoms with Gasteiger partial charge in [-0.1, -0.05) is 32.9 Å². The van der Waals surface area contributed by atoms with Gasteiger partial charge < -0.3 is 14.6 Å². The van der Waals surface area contributed by atoms with Gasteiger partial charge in [-0.05, 0) is 48.8 Å². The van der Waals surface area contributed by atoms with Crippen LogP contribution in [0.2, 0.25) is 0 Å². The Balaban J connectivity index is 1.73. The van der Waals surface area contributed by atoms with Gasteiger partial charge in [-0.2, -0.15) is 0 Å². The van der Waals surface area contributed by atoms with Crippen LogP contribution in [0.25, 0.3) is 0 Å². The highest BCUT2D eigenvalue weighted by Gasteiger charge is 2.56. The Labute approximate surface area is 156 Å². The van der Waals surface area contributed by atoms with Gasteiger partial charge in [0.1, 0.15) is 11.5 Å². The Kier molecular flexibility index (Phi) is 5.73. The SMILES string of the molecule is COc1ccc(CO[C@H]2CCC(=O)[C@@H]3[C@@H](O)[C@H](C(C)C)CC[C@]23C)cc1. The molecule has 144 valence electrons. The maximum absolute atomic E-state index is 12.7. The molecule has 0 heterocycles. The summed E-state index contributed by atoms with van der Waals surface area (Å²) in [6.45, 7) is 6.95. The molecule has 26 heavy (non-hydrogen) atoms. The lowest BCUT2D eigenvalue weighted by Crippen LogP contribution is -2.58. The molecule has 0 unspecified atom stereocenters. The van der Waals surface area contributed by atoms with E-state index in [9.17, 15) is 9.90 Å². The van der Waals surface area contributed by atoms with Crippen molar-refractivity contribution in [1.29, 1.82) is 0 Å². The van der Waals surface area contributed by atoms with Crippen molar-refractivity contribution in [3.05, 3.63) is 29.8 Å². The first-order chi connectivity index (χ1) is 12.4. The van der Waals surface area contributed by atoms with E-state index in [2.05, 4.69) is 20.8 Å².